The van der Waals surface area contributed by atoms with Crippen molar-refractivity contribution in [2.45, 2.75) is 12.8 Å². The van der Waals surface area contributed by atoms with E-state index in [-0.39, 0.29) is 18.7 Å². The number of hydrogen-bond acceptors (Lipinski definition) is 3. The van der Waals surface area contributed by atoms with Gasteiger partial charge < -0.3 is 20.5 Å². The molecule has 3 N–H and O–H groups in total. The number of carbonyl (C=O) groups is 2. The van der Waals surface area contributed by atoms with Crippen LogP contribution in [0.15, 0.2) is 18.2 Å². The molecule has 104 valence electrons. The third-order valence-corrected chi connectivity index (χ3v) is 2.26. The molecule has 6 nitrogen and oxygen atoms in total. The van der Waals surface area contributed by atoms with Crippen LogP contribution >= 0.6 is 0 Å². The van der Waals surface area contributed by atoms with Gasteiger partial charge >= 0.3 is 12.0 Å². The maximum absolute atomic E-state index is 13.1. The highest BCUT2D eigenvalue weighted by Crippen LogP contribution is 2.21. The number of carbonyl (C=O) groups excluding carboxylic acids is 1. The molecule has 1 aromatic rings. The van der Waals surface area contributed by atoms with Crippen molar-refractivity contribution >= 4 is 17.7 Å². The minimum absolute atomic E-state index is 0.00927. The van der Waals surface area contributed by atoms with E-state index >= 15 is 0 Å². The predicted molar refractivity (Wildman–Crippen MR) is 66.8 cm³/mol. The van der Waals surface area contributed by atoms with Gasteiger partial charge in [-0.3, -0.25) is 4.79 Å². The monoisotopic (exact) mass is 270 g/mol. The Kier molecular flexibility index (Phi) is 5.59. The molecule has 0 saturated carbocycles. The number of carboxylic acid groups (broad SMARTS) is 1. The highest BCUT2D eigenvalue weighted by atomic mass is 19.1. The summed E-state index contributed by atoms with van der Waals surface area (Å²) in [5.41, 5.74) is 0.383. The summed E-state index contributed by atoms with van der Waals surface area (Å²) < 4.78 is 17.9. The van der Waals surface area contributed by atoms with Crippen LogP contribution in [0, 0.1) is 5.82 Å². The first-order valence-corrected chi connectivity index (χ1v) is 5.63. The van der Waals surface area contributed by atoms with Gasteiger partial charge in [-0.25, -0.2) is 9.18 Å². The third kappa shape index (κ3) is 5.24. The van der Waals surface area contributed by atoms with E-state index in [2.05, 4.69) is 10.6 Å². The number of halogens is 1. The number of nitrogens with one attached hydrogen (secondary N) is 2. The Labute approximate surface area is 109 Å². The highest BCUT2D eigenvalue weighted by Gasteiger charge is 2.06. The van der Waals surface area contributed by atoms with Gasteiger partial charge in [0.1, 0.15) is 0 Å². The van der Waals surface area contributed by atoms with Crippen molar-refractivity contribution in [3.63, 3.8) is 0 Å². The molecule has 0 aromatic heterocycles. The predicted octanol–water partition coefficient (Wildman–Crippen LogP) is 1.82. The Morgan fingerprint density at radius 2 is 2.16 bits per heavy atom. The van der Waals surface area contributed by atoms with Gasteiger partial charge in [0.05, 0.1) is 7.11 Å². The molecule has 0 saturated heterocycles. The number of anilines is 1. The number of carboxylic acids is 1. The van der Waals surface area contributed by atoms with Gasteiger partial charge in [-0.1, -0.05) is 0 Å². The largest absolute Gasteiger partial charge is 0.494 e. The number of urea groups is 1. The molecule has 0 aliphatic heterocycles. The Morgan fingerprint density at radius 1 is 1.42 bits per heavy atom. The molecule has 7 heteroatoms. The molecule has 0 heterocycles. The summed E-state index contributed by atoms with van der Waals surface area (Å²) in [6, 6.07) is 3.44. The highest BCUT2D eigenvalue weighted by molar-refractivity contribution is 5.89. The van der Waals surface area contributed by atoms with Gasteiger partial charge in [0, 0.05) is 24.7 Å². The average Bonchev–Trinajstić information content (AvgIpc) is 2.37. The third-order valence-electron chi connectivity index (χ3n) is 2.26. The number of hydrogen-bond donors (Lipinski definition) is 3. The summed E-state index contributed by atoms with van der Waals surface area (Å²) >= 11 is 0. The zero-order chi connectivity index (χ0) is 14.3. The topological polar surface area (TPSA) is 87.7 Å². The van der Waals surface area contributed by atoms with Crippen molar-refractivity contribution in [3.8, 4) is 5.75 Å². The van der Waals surface area contributed by atoms with Gasteiger partial charge in [0.2, 0.25) is 0 Å². The zero-order valence-electron chi connectivity index (χ0n) is 10.4. The van der Waals surface area contributed by atoms with Crippen molar-refractivity contribution in [3.05, 3.63) is 24.0 Å². The minimum atomic E-state index is -0.912. The summed E-state index contributed by atoms with van der Waals surface area (Å²) in [6.07, 6.45) is 0.333. The van der Waals surface area contributed by atoms with Gasteiger partial charge in [-0.15, -0.1) is 0 Å². The summed E-state index contributed by atoms with van der Waals surface area (Å²) in [6.45, 7) is 0.246. The maximum Gasteiger partial charge on any atom is 0.319 e. The van der Waals surface area contributed by atoms with Crippen molar-refractivity contribution in [2.24, 2.45) is 0 Å². The van der Waals surface area contributed by atoms with E-state index in [1.807, 2.05) is 0 Å². The molecule has 0 bridgehead atoms. The number of methoxy groups -OCH3 is 1. The summed E-state index contributed by atoms with van der Waals surface area (Å²) in [5.74, 6) is -1.40. The molecule has 0 aliphatic rings. The van der Waals surface area contributed by atoms with Gasteiger partial charge in [0.15, 0.2) is 11.6 Å². The van der Waals surface area contributed by atoms with Crippen molar-refractivity contribution < 1.29 is 23.8 Å². The lowest BCUT2D eigenvalue weighted by molar-refractivity contribution is -0.137. The normalized spacial score (nSPS) is 9.79. The van der Waals surface area contributed by atoms with E-state index in [1.54, 1.807) is 0 Å². The second kappa shape index (κ2) is 7.20. The standard InChI is InChI=1S/C12H15FN2O4/c1-19-10-7-8(4-5-9(10)13)15-12(18)14-6-2-3-11(16)17/h4-5,7H,2-3,6H2,1H3,(H,16,17)(H2,14,15,18). The molecule has 0 unspecified atom stereocenters. The van der Waals surface area contributed by atoms with Crippen LogP contribution in [0.2, 0.25) is 0 Å². The number of benzene rings is 1. The smallest absolute Gasteiger partial charge is 0.319 e. The lowest BCUT2D eigenvalue weighted by Gasteiger charge is -2.08. The minimum Gasteiger partial charge on any atom is -0.494 e. The molecule has 1 aromatic carbocycles. The quantitative estimate of drug-likeness (QED) is 0.688. The molecule has 19 heavy (non-hydrogen) atoms. The van der Waals surface area contributed by atoms with E-state index in [1.165, 1.54) is 25.3 Å². The zero-order valence-corrected chi connectivity index (χ0v) is 10.4. The maximum atomic E-state index is 13.1. The van der Waals surface area contributed by atoms with Crippen molar-refractivity contribution in [1.29, 1.82) is 0 Å². The lowest BCUT2D eigenvalue weighted by Crippen LogP contribution is -2.29. The Hall–Kier alpha value is -2.31. The molecule has 0 atom stereocenters. The van der Waals surface area contributed by atoms with Crippen LogP contribution in [0.4, 0.5) is 14.9 Å². The van der Waals surface area contributed by atoms with E-state index in [0.717, 1.165) is 0 Å². The molecule has 0 spiro atoms. The molecular formula is C12H15FN2O4. The summed E-state index contributed by atoms with van der Waals surface area (Å²) in [5, 5.41) is 13.4. The molecule has 1 rings (SSSR count). The van der Waals surface area contributed by atoms with E-state index in [9.17, 15) is 14.0 Å². The van der Waals surface area contributed by atoms with Crippen LogP contribution in [-0.2, 0) is 4.79 Å². The first kappa shape index (κ1) is 14.7. The SMILES string of the molecule is COc1cc(NC(=O)NCCCC(=O)O)ccc1F. The van der Waals surface area contributed by atoms with Crippen LogP contribution in [-0.4, -0.2) is 30.8 Å². The number of amides is 2. The second-order valence-electron chi connectivity index (χ2n) is 3.73. The molecule has 2 amide bonds. The first-order valence-electron chi connectivity index (χ1n) is 5.63. The van der Waals surface area contributed by atoms with Gasteiger partial charge in [-0.05, 0) is 18.6 Å². The van der Waals surface area contributed by atoms with E-state index in [4.69, 9.17) is 9.84 Å². The van der Waals surface area contributed by atoms with Gasteiger partial charge in [-0.2, -0.15) is 0 Å². The Bertz CT molecular complexity index is 465. The average molecular weight is 270 g/mol. The number of ether oxygens (including phenoxy) is 1. The fraction of sp³-hybridized carbons (Fsp3) is 0.333. The molecule has 0 fully saturated rings. The van der Waals surface area contributed by atoms with E-state index in [0.29, 0.717) is 12.1 Å². The van der Waals surface area contributed by atoms with E-state index < -0.39 is 17.8 Å². The summed E-state index contributed by atoms with van der Waals surface area (Å²) in [4.78, 5) is 21.7. The van der Waals surface area contributed by atoms with Crippen LogP contribution in [0.25, 0.3) is 0 Å². The lowest BCUT2D eigenvalue weighted by atomic mass is 10.3. The van der Waals surface area contributed by atoms with Crippen molar-refractivity contribution in [1.82, 2.24) is 5.32 Å². The summed E-state index contributed by atoms with van der Waals surface area (Å²) in [7, 11) is 1.33. The van der Waals surface area contributed by atoms with Gasteiger partial charge in [0.25, 0.3) is 0 Å². The molecular weight excluding hydrogens is 255 g/mol. The Balaban J connectivity index is 2.42. The molecule has 0 radical (unpaired) electrons. The fourth-order valence-electron chi connectivity index (χ4n) is 1.35. The number of aliphatic carboxylic acids is 1. The van der Waals surface area contributed by atoms with Crippen LogP contribution in [0.1, 0.15) is 12.8 Å². The molecule has 0 aliphatic carbocycles. The van der Waals surface area contributed by atoms with Crippen molar-refractivity contribution in [2.75, 3.05) is 19.0 Å². The van der Waals surface area contributed by atoms with Crippen LogP contribution in [0.5, 0.6) is 5.75 Å². The second-order valence-corrected chi connectivity index (χ2v) is 3.73. The Morgan fingerprint density at radius 3 is 2.79 bits per heavy atom. The number of rotatable bonds is 6. The van der Waals surface area contributed by atoms with Crippen LogP contribution < -0.4 is 15.4 Å². The fourth-order valence-corrected chi connectivity index (χ4v) is 1.35. The first-order chi connectivity index (χ1) is 9.02. The van der Waals surface area contributed by atoms with Crippen LogP contribution in [0.3, 0.4) is 0 Å².